The smallest absolute Gasteiger partial charge is 0.0205 e. The number of benzene rings is 1. The van der Waals surface area contributed by atoms with Crippen molar-refractivity contribution in [3.63, 3.8) is 0 Å². The summed E-state index contributed by atoms with van der Waals surface area (Å²) in [6, 6.07) is 6.32. The van der Waals surface area contributed by atoms with Crippen molar-refractivity contribution in [2.75, 3.05) is 0 Å². The molecular weight excluding hydrogens is 259 g/mol. The highest BCUT2D eigenvalue weighted by Crippen LogP contribution is 2.23. The molecule has 1 aromatic rings. The average Bonchev–Trinajstić information content (AvgIpc) is 2.03. The van der Waals surface area contributed by atoms with Gasteiger partial charge in [0.2, 0.25) is 0 Å². The lowest BCUT2D eigenvalue weighted by atomic mass is 9.97. The van der Waals surface area contributed by atoms with E-state index >= 15 is 0 Å². The normalized spacial score (nSPS) is 10.3. The Morgan fingerprint density at radius 2 is 2.08 bits per heavy atom. The summed E-state index contributed by atoms with van der Waals surface area (Å²) in [4.78, 5) is 0. The van der Waals surface area contributed by atoms with Gasteiger partial charge >= 0.3 is 0 Å². The van der Waals surface area contributed by atoms with Crippen LogP contribution in [0.1, 0.15) is 25.0 Å². The van der Waals surface area contributed by atoms with Gasteiger partial charge in [0.05, 0.1) is 0 Å². The van der Waals surface area contributed by atoms with Crippen LogP contribution in [0.15, 0.2) is 24.8 Å². The zero-order valence-corrected chi connectivity index (χ0v) is 9.55. The van der Waals surface area contributed by atoms with Crippen molar-refractivity contribution in [2.45, 2.75) is 13.8 Å². The topological polar surface area (TPSA) is 0 Å². The lowest BCUT2D eigenvalue weighted by Gasteiger charge is -2.10. The summed E-state index contributed by atoms with van der Waals surface area (Å²) in [5.74, 6) is 1.34. The lowest BCUT2D eigenvalue weighted by Crippen LogP contribution is -1.94. The van der Waals surface area contributed by atoms with Crippen molar-refractivity contribution >= 4 is 28.7 Å². The SMILES string of the molecule is C=Cc1c(I)cccc1[C](C)C. The fraction of sp³-hybridized carbons (Fsp3) is 0.182. The van der Waals surface area contributed by atoms with Crippen LogP contribution < -0.4 is 0 Å². The quantitative estimate of drug-likeness (QED) is 0.716. The van der Waals surface area contributed by atoms with Crippen molar-refractivity contribution < 1.29 is 0 Å². The molecule has 12 heavy (non-hydrogen) atoms. The highest BCUT2D eigenvalue weighted by molar-refractivity contribution is 14.1. The van der Waals surface area contributed by atoms with Gasteiger partial charge < -0.3 is 0 Å². The van der Waals surface area contributed by atoms with Gasteiger partial charge in [-0.1, -0.05) is 38.6 Å². The minimum Gasteiger partial charge on any atom is -0.0984 e. The zero-order valence-electron chi connectivity index (χ0n) is 7.39. The summed E-state index contributed by atoms with van der Waals surface area (Å²) in [5.41, 5.74) is 2.55. The second-order valence-corrected chi connectivity index (χ2v) is 4.07. The number of hydrogen-bond donors (Lipinski definition) is 0. The molecular formula is C11H12I. The second-order valence-electron chi connectivity index (χ2n) is 2.91. The lowest BCUT2D eigenvalue weighted by molar-refractivity contribution is 1.14. The Balaban J connectivity index is 3.27. The standard InChI is InChI=1S/C11H12I/c1-4-9-10(8(2)3)6-5-7-11(9)12/h4-7H,1H2,2-3H3. The predicted octanol–water partition coefficient (Wildman–Crippen LogP) is 3.90. The third-order valence-corrected chi connectivity index (χ3v) is 2.74. The van der Waals surface area contributed by atoms with Gasteiger partial charge in [-0.25, -0.2) is 0 Å². The fourth-order valence-corrected chi connectivity index (χ4v) is 1.90. The molecule has 0 fully saturated rings. The summed E-state index contributed by atoms with van der Waals surface area (Å²) in [6.07, 6.45) is 1.92. The third kappa shape index (κ3) is 1.89. The first-order valence-corrected chi connectivity index (χ1v) is 4.96. The number of rotatable bonds is 2. The van der Waals surface area contributed by atoms with Crippen LogP contribution in [0.2, 0.25) is 0 Å². The van der Waals surface area contributed by atoms with Gasteiger partial charge in [0.15, 0.2) is 0 Å². The van der Waals surface area contributed by atoms with Crippen LogP contribution >= 0.6 is 22.6 Å². The minimum atomic E-state index is 1.25. The Morgan fingerprint density at radius 1 is 1.42 bits per heavy atom. The van der Waals surface area contributed by atoms with Crippen molar-refractivity contribution in [3.05, 3.63) is 45.4 Å². The van der Waals surface area contributed by atoms with Crippen molar-refractivity contribution in [3.8, 4) is 0 Å². The predicted molar refractivity (Wildman–Crippen MR) is 62.9 cm³/mol. The van der Waals surface area contributed by atoms with E-state index in [1.54, 1.807) is 0 Å². The van der Waals surface area contributed by atoms with E-state index in [-0.39, 0.29) is 0 Å². The Hall–Kier alpha value is -0.310. The van der Waals surface area contributed by atoms with Crippen LogP contribution in [0, 0.1) is 9.49 Å². The van der Waals surface area contributed by atoms with Gasteiger partial charge in [0.25, 0.3) is 0 Å². The molecule has 0 spiro atoms. The Morgan fingerprint density at radius 3 is 2.50 bits per heavy atom. The molecule has 0 unspecified atom stereocenters. The molecule has 0 amide bonds. The maximum atomic E-state index is 3.82. The molecule has 63 valence electrons. The van der Waals surface area contributed by atoms with Gasteiger partial charge in [-0.05, 0) is 45.7 Å². The molecule has 1 radical (unpaired) electrons. The van der Waals surface area contributed by atoms with Crippen LogP contribution in [0.25, 0.3) is 6.08 Å². The highest BCUT2D eigenvalue weighted by atomic mass is 127. The fourth-order valence-electron chi connectivity index (χ4n) is 1.18. The maximum absolute atomic E-state index is 3.82. The van der Waals surface area contributed by atoms with E-state index in [1.165, 1.54) is 20.6 Å². The van der Waals surface area contributed by atoms with Gasteiger partial charge in [0.1, 0.15) is 0 Å². The van der Waals surface area contributed by atoms with E-state index in [2.05, 4.69) is 61.2 Å². The van der Waals surface area contributed by atoms with Crippen molar-refractivity contribution in [2.24, 2.45) is 0 Å². The first-order valence-electron chi connectivity index (χ1n) is 3.88. The molecule has 0 saturated heterocycles. The summed E-state index contributed by atoms with van der Waals surface area (Å²) in [5, 5.41) is 0. The second kappa shape index (κ2) is 4.08. The van der Waals surface area contributed by atoms with Gasteiger partial charge in [0, 0.05) is 3.57 Å². The summed E-state index contributed by atoms with van der Waals surface area (Å²) in [6.45, 7) is 8.06. The molecule has 0 bridgehead atoms. The van der Waals surface area contributed by atoms with E-state index < -0.39 is 0 Å². The monoisotopic (exact) mass is 271 g/mol. The van der Waals surface area contributed by atoms with Crippen molar-refractivity contribution in [1.29, 1.82) is 0 Å². The Kier molecular flexibility index (Phi) is 3.32. The molecule has 0 nitrogen and oxygen atoms in total. The maximum Gasteiger partial charge on any atom is 0.0205 e. The molecule has 0 atom stereocenters. The van der Waals surface area contributed by atoms with Crippen molar-refractivity contribution in [1.82, 2.24) is 0 Å². The molecule has 0 aromatic heterocycles. The molecule has 0 saturated carbocycles. The highest BCUT2D eigenvalue weighted by Gasteiger charge is 2.06. The minimum absolute atomic E-state index is 1.25. The van der Waals surface area contributed by atoms with Crippen LogP contribution in [0.3, 0.4) is 0 Å². The molecule has 0 aliphatic heterocycles. The average molecular weight is 271 g/mol. The first kappa shape index (κ1) is 9.78. The summed E-state index contributed by atoms with van der Waals surface area (Å²) in [7, 11) is 0. The number of hydrogen-bond acceptors (Lipinski definition) is 0. The van der Waals surface area contributed by atoms with Gasteiger partial charge in [-0.3, -0.25) is 0 Å². The summed E-state index contributed by atoms with van der Waals surface area (Å²) >= 11 is 2.33. The van der Waals surface area contributed by atoms with E-state index in [4.69, 9.17) is 0 Å². The molecule has 0 N–H and O–H groups in total. The molecule has 1 heteroatoms. The van der Waals surface area contributed by atoms with Gasteiger partial charge in [-0.15, -0.1) is 0 Å². The van der Waals surface area contributed by atoms with Crippen LogP contribution in [0.5, 0.6) is 0 Å². The van der Waals surface area contributed by atoms with E-state index in [0.717, 1.165) is 0 Å². The Bertz CT molecular complexity index is 287. The van der Waals surface area contributed by atoms with Crippen LogP contribution in [0.4, 0.5) is 0 Å². The zero-order chi connectivity index (χ0) is 9.14. The van der Waals surface area contributed by atoms with Crippen LogP contribution in [-0.4, -0.2) is 0 Å². The molecule has 1 aromatic carbocycles. The molecule has 0 aliphatic rings. The summed E-state index contributed by atoms with van der Waals surface area (Å²) < 4.78 is 1.27. The number of halogens is 1. The van der Waals surface area contributed by atoms with E-state index in [1.807, 2.05) is 6.08 Å². The molecule has 0 heterocycles. The first-order chi connectivity index (χ1) is 5.66. The van der Waals surface area contributed by atoms with E-state index in [9.17, 15) is 0 Å². The third-order valence-electron chi connectivity index (χ3n) is 1.80. The van der Waals surface area contributed by atoms with Gasteiger partial charge in [-0.2, -0.15) is 0 Å². The van der Waals surface area contributed by atoms with E-state index in [0.29, 0.717) is 0 Å². The van der Waals surface area contributed by atoms with Crippen LogP contribution in [-0.2, 0) is 0 Å². The molecule has 1 rings (SSSR count). The Labute approximate surface area is 87.8 Å². The largest absolute Gasteiger partial charge is 0.0984 e. The molecule has 0 aliphatic carbocycles.